The second-order valence-corrected chi connectivity index (χ2v) is 5.27. The molecule has 2 aliphatic rings. The number of nitrogens with zero attached hydrogens (tertiary/aromatic N) is 2. The van der Waals surface area contributed by atoms with Crippen molar-refractivity contribution in [2.24, 2.45) is 0 Å². The number of hydrogen-bond acceptors (Lipinski definition) is 2. The van der Waals surface area contributed by atoms with Crippen LogP contribution >= 0.6 is 0 Å². The van der Waals surface area contributed by atoms with Crippen LogP contribution in [0.25, 0.3) is 0 Å². The lowest BCUT2D eigenvalue weighted by molar-refractivity contribution is -0.0896. The summed E-state index contributed by atoms with van der Waals surface area (Å²) in [6, 6.07) is 0.606. The van der Waals surface area contributed by atoms with Gasteiger partial charge in [0.15, 0.2) is 0 Å². The Morgan fingerprint density at radius 2 is 2.25 bits per heavy atom. The molecule has 0 aromatic carbocycles. The van der Waals surface area contributed by atoms with Gasteiger partial charge in [0.1, 0.15) is 5.82 Å². The van der Waals surface area contributed by atoms with Gasteiger partial charge in [-0.3, -0.25) is 0 Å². The van der Waals surface area contributed by atoms with E-state index in [2.05, 4.69) is 22.7 Å². The Labute approximate surface area is 96.8 Å². The topological polar surface area (TPSA) is 27.1 Å². The van der Waals surface area contributed by atoms with Crippen LogP contribution in [0.1, 0.15) is 50.4 Å². The van der Waals surface area contributed by atoms with Gasteiger partial charge in [-0.1, -0.05) is 12.8 Å². The summed E-state index contributed by atoms with van der Waals surface area (Å²) in [4.78, 5) is 4.33. The van der Waals surface area contributed by atoms with Gasteiger partial charge in [-0.25, -0.2) is 4.98 Å². The first kappa shape index (κ1) is 10.3. The van der Waals surface area contributed by atoms with E-state index in [0.29, 0.717) is 6.04 Å². The Morgan fingerprint density at radius 3 is 2.94 bits per heavy atom. The van der Waals surface area contributed by atoms with Crippen LogP contribution in [0.15, 0.2) is 12.4 Å². The number of aromatic nitrogens is 2. The number of rotatable bonds is 1. The van der Waals surface area contributed by atoms with Crippen molar-refractivity contribution in [2.75, 3.05) is 6.61 Å². The van der Waals surface area contributed by atoms with Crippen LogP contribution in [0.5, 0.6) is 0 Å². The molecule has 0 bridgehead atoms. The molecule has 3 nitrogen and oxygen atoms in total. The highest BCUT2D eigenvalue weighted by Crippen LogP contribution is 2.43. The van der Waals surface area contributed by atoms with Gasteiger partial charge >= 0.3 is 0 Å². The van der Waals surface area contributed by atoms with Gasteiger partial charge in [-0.2, -0.15) is 0 Å². The SMILES string of the molecule is Cc1nccn1C1CCOC2(CCCC2)C1. The molecule has 16 heavy (non-hydrogen) atoms. The van der Waals surface area contributed by atoms with Crippen LogP contribution < -0.4 is 0 Å². The lowest BCUT2D eigenvalue weighted by Gasteiger charge is -2.39. The molecule has 1 aliphatic carbocycles. The summed E-state index contributed by atoms with van der Waals surface area (Å²) >= 11 is 0. The molecular weight excluding hydrogens is 200 g/mol. The van der Waals surface area contributed by atoms with Crippen LogP contribution in [0.4, 0.5) is 0 Å². The fourth-order valence-corrected chi connectivity index (χ4v) is 3.38. The van der Waals surface area contributed by atoms with Crippen LogP contribution in [-0.4, -0.2) is 21.8 Å². The van der Waals surface area contributed by atoms with Crippen molar-refractivity contribution in [3.05, 3.63) is 18.2 Å². The fraction of sp³-hybridized carbons (Fsp3) is 0.769. The highest BCUT2D eigenvalue weighted by atomic mass is 16.5. The molecule has 1 unspecified atom stereocenters. The van der Waals surface area contributed by atoms with E-state index in [4.69, 9.17) is 4.74 Å². The molecule has 1 aromatic rings. The zero-order valence-electron chi connectivity index (χ0n) is 9.98. The Morgan fingerprint density at radius 1 is 1.44 bits per heavy atom. The molecule has 1 spiro atoms. The molecule has 1 atom stereocenters. The lowest BCUT2D eigenvalue weighted by Crippen LogP contribution is -2.38. The number of ether oxygens (including phenoxy) is 1. The molecule has 1 aromatic heterocycles. The maximum atomic E-state index is 6.06. The summed E-state index contributed by atoms with van der Waals surface area (Å²) in [5.41, 5.74) is 0.208. The maximum Gasteiger partial charge on any atom is 0.105 e. The van der Waals surface area contributed by atoms with Gasteiger partial charge in [0, 0.05) is 25.0 Å². The average Bonchev–Trinajstić information content (AvgIpc) is 2.88. The molecule has 1 aliphatic heterocycles. The molecule has 3 rings (SSSR count). The normalized spacial score (nSPS) is 28.7. The van der Waals surface area contributed by atoms with E-state index >= 15 is 0 Å². The molecule has 2 heterocycles. The van der Waals surface area contributed by atoms with Crippen molar-refractivity contribution < 1.29 is 4.74 Å². The molecule has 0 radical (unpaired) electrons. The third-order valence-corrected chi connectivity index (χ3v) is 4.24. The highest BCUT2D eigenvalue weighted by molar-refractivity contribution is 4.98. The van der Waals surface area contributed by atoms with Gasteiger partial charge in [0.2, 0.25) is 0 Å². The van der Waals surface area contributed by atoms with Crippen molar-refractivity contribution in [2.45, 2.75) is 57.1 Å². The molecule has 0 amide bonds. The molecule has 1 saturated carbocycles. The van der Waals surface area contributed by atoms with E-state index in [9.17, 15) is 0 Å². The summed E-state index contributed by atoms with van der Waals surface area (Å²) in [5.74, 6) is 1.14. The molecular formula is C13H20N2O. The van der Waals surface area contributed by atoms with Gasteiger partial charge in [0.05, 0.1) is 5.60 Å². The van der Waals surface area contributed by atoms with Crippen LogP contribution in [0.2, 0.25) is 0 Å². The Bertz CT molecular complexity index is 366. The van der Waals surface area contributed by atoms with Crippen molar-refractivity contribution in [1.29, 1.82) is 0 Å². The van der Waals surface area contributed by atoms with E-state index in [1.54, 1.807) is 0 Å². The standard InChI is InChI=1S/C13H20N2O/c1-11-14-7-8-15(11)12-4-9-16-13(10-12)5-2-3-6-13/h7-8,12H,2-6,9-10H2,1H3. The Hall–Kier alpha value is -0.830. The third kappa shape index (κ3) is 1.67. The quantitative estimate of drug-likeness (QED) is 0.727. The van der Waals surface area contributed by atoms with Crippen molar-refractivity contribution in [3.63, 3.8) is 0 Å². The minimum Gasteiger partial charge on any atom is -0.375 e. The Balaban J connectivity index is 1.80. The third-order valence-electron chi connectivity index (χ3n) is 4.24. The van der Waals surface area contributed by atoms with Gasteiger partial charge in [-0.15, -0.1) is 0 Å². The zero-order valence-corrected chi connectivity index (χ0v) is 9.98. The summed E-state index contributed by atoms with van der Waals surface area (Å²) < 4.78 is 8.40. The zero-order chi connectivity index (χ0) is 11.0. The van der Waals surface area contributed by atoms with Gasteiger partial charge < -0.3 is 9.30 Å². The van der Waals surface area contributed by atoms with Crippen molar-refractivity contribution >= 4 is 0 Å². The first-order valence-corrected chi connectivity index (χ1v) is 6.43. The minimum atomic E-state index is 0.208. The number of imidazole rings is 1. The van der Waals surface area contributed by atoms with Crippen molar-refractivity contribution in [1.82, 2.24) is 9.55 Å². The highest BCUT2D eigenvalue weighted by Gasteiger charge is 2.40. The van der Waals surface area contributed by atoms with E-state index in [-0.39, 0.29) is 5.60 Å². The van der Waals surface area contributed by atoms with Crippen LogP contribution in [0.3, 0.4) is 0 Å². The largest absolute Gasteiger partial charge is 0.375 e. The lowest BCUT2D eigenvalue weighted by atomic mass is 9.89. The Kier molecular flexibility index (Phi) is 2.51. The van der Waals surface area contributed by atoms with E-state index < -0.39 is 0 Å². The second-order valence-electron chi connectivity index (χ2n) is 5.27. The predicted octanol–water partition coefficient (Wildman–Crippen LogP) is 2.86. The molecule has 1 saturated heterocycles. The van der Waals surface area contributed by atoms with E-state index in [0.717, 1.165) is 18.9 Å². The van der Waals surface area contributed by atoms with Gasteiger partial charge in [-0.05, 0) is 32.6 Å². The average molecular weight is 220 g/mol. The molecule has 2 fully saturated rings. The maximum absolute atomic E-state index is 6.06. The second kappa shape index (κ2) is 3.88. The van der Waals surface area contributed by atoms with Crippen LogP contribution in [0, 0.1) is 6.92 Å². The fourth-order valence-electron chi connectivity index (χ4n) is 3.38. The summed E-state index contributed by atoms with van der Waals surface area (Å²) in [7, 11) is 0. The summed E-state index contributed by atoms with van der Waals surface area (Å²) in [6.45, 7) is 3.01. The van der Waals surface area contributed by atoms with Gasteiger partial charge in [0.25, 0.3) is 0 Å². The summed E-state index contributed by atoms with van der Waals surface area (Å²) in [5, 5.41) is 0. The first-order chi connectivity index (χ1) is 7.79. The smallest absolute Gasteiger partial charge is 0.105 e. The number of aryl methyl sites for hydroxylation is 1. The molecule has 3 heteroatoms. The first-order valence-electron chi connectivity index (χ1n) is 6.43. The predicted molar refractivity (Wildman–Crippen MR) is 62.4 cm³/mol. The van der Waals surface area contributed by atoms with Crippen LogP contribution in [-0.2, 0) is 4.74 Å². The van der Waals surface area contributed by atoms with E-state index in [1.807, 2.05) is 6.20 Å². The molecule has 0 N–H and O–H groups in total. The monoisotopic (exact) mass is 220 g/mol. The number of hydrogen-bond donors (Lipinski definition) is 0. The van der Waals surface area contributed by atoms with Crippen molar-refractivity contribution in [3.8, 4) is 0 Å². The minimum absolute atomic E-state index is 0.208. The summed E-state index contributed by atoms with van der Waals surface area (Å²) in [6.07, 6.45) is 11.6. The molecule has 88 valence electrons. The van der Waals surface area contributed by atoms with E-state index in [1.165, 1.54) is 32.1 Å².